The number of nitrogens with zero attached hydrogens (tertiary/aromatic N) is 7. The number of carbonyl (C=O) groups excluding carboxylic acids is 4. The molecular weight excluding hydrogens is 734 g/mol. The van der Waals surface area contributed by atoms with Crippen LogP contribution in [0.25, 0.3) is 10.9 Å². The molecule has 4 saturated heterocycles. The number of halogens is 1. The molecule has 2 aromatic carbocycles. The highest BCUT2D eigenvalue weighted by atomic mass is 35.5. The highest BCUT2D eigenvalue weighted by Crippen LogP contribution is 2.35. The van der Waals surface area contributed by atoms with E-state index in [1.54, 1.807) is 12.1 Å². The van der Waals surface area contributed by atoms with Crippen LogP contribution in [0.3, 0.4) is 0 Å². The number of fused-ring (bicyclic) bond motifs is 1. The Morgan fingerprint density at radius 3 is 2.41 bits per heavy atom. The summed E-state index contributed by atoms with van der Waals surface area (Å²) in [5.41, 5.74) is 9.92. The molecule has 0 radical (unpaired) electrons. The van der Waals surface area contributed by atoms with Gasteiger partial charge in [0, 0.05) is 75.7 Å². The van der Waals surface area contributed by atoms with Gasteiger partial charge in [-0.3, -0.25) is 29.2 Å². The number of hydrogen-bond donors (Lipinski definition) is 4. The largest absolute Gasteiger partial charge is 0.371 e. The number of anilines is 4. The van der Waals surface area contributed by atoms with Crippen LogP contribution in [-0.4, -0.2) is 100 Å². The maximum atomic E-state index is 13.2. The van der Waals surface area contributed by atoms with E-state index in [1.165, 1.54) is 12.6 Å². The summed E-state index contributed by atoms with van der Waals surface area (Å²) < 4.78 is 2.13. The highest BCUT2D eigenvalue weighted by Gasteiger charge is 2.30. The number of nitrogens with one attached hydrogen (secondary N) is 3. The molecule has 4 aliphatic rings. The number of amides is 4. The van der Waals surface area contributed by atoms with Gasteiger partial charge in [0.25, 0.3) is 11.8 Å². The summed E-state index contributed by atoms with van der Waals surface area (Å²) in [7, 11) is 0. The van der Waals surface area contributed by atoms with Gasteiger partial charge in [0.05, 0.1) is 33.5 Å². The van der Waals surface area contributed by atoms with Crippen LogP contribution in [0.15, 0.2) is 48.8 Å². The molecule has 56 heavy (non-hydrogen) atoms. The average Bonchev–Trinajstić information content (AvgIpc) is 3.62. The molecule has 1 atom stereocenters. The number of rotatable bonds is 9. The van der Waals surface area contributed by atoms with E-state index in [-0.39, 0.29) is 36.3 Å². The Hall–Kier alpha value is -5.28. The first-order valence-corrected chi connectivity index (χ1v) is 20.1. The van der Waals surface area contributed by atoms with Crippen LogP contribution >= 0.6 is 11.6 Å². The maximum Gasteiger partial charge on any atom is 0.274 e. The summed E-state index contributed by atoms with van der Waals surface area (Å²) in [6.45, 7) is 6.79. The molecule has 2 aromatic heterocycles. The zero-order valence-corrected chi connectivity index (χ0v) is 32.1. The van der Waals surface area contributed by atoms with E-state index in [0.29, 0.717) is 22.5 Å². The first-order valence-electron chi connectivity index (χ1n) is 19.8. The van der Waals surface area contributed by atoms with Crippen molar-refractivity contribution in [2.75, 3.05) is 66.7 Å². The van der Waals surface area contributed by atoms with E-state index < -0.39 is 17.9 Å². The van der Waals surface area contributed by atoms with Crippen LogP contribution in [-0.2, 0) is 9.59 Å². The molecule has 0 spiro atoms. The molecule has 8 rings (SSSR count). The second-order valence-corrected chi connectivity index (χ2v) is 15.8. The van der Waals surface area contributed by atoms with E-state index in [1.807, 2.05) is 18.2 Å². The Labute approximate surface area is 330 Å². The minimum atomic E-state index is -0.751. The quantitative estimate of drug-likeness (QED) is 0.177. The molecule has 16 heteroatoms. The lowest BCUT2D eigenvalue weighted by Gasteiger charge is -2.38. The van der Waals surface area contributed by atoms with Crippen LogP contribution in [0.1, 0.15) is 84.7 Å². The number of benzene rings is 2. The Bertz CT molecular complexity index is 2120. The van der Waals surface area contributed by atoms with Crippen molar-refractivity contribution >= 4 is 69.1 Å². The molecule has 5 N–H and O–H groups in total. The predicted molar refractivity (Wildman–Crippen MR) is 215 cm³/mol. The lowest BCUT2D eigenvalue weighted by molar-refractivity contribution is -0.134. The second-order valence-electron chi connectivity index (χ2n) is 15.4. The molecule has 15 nitrogen and oxygen atoms in total. The normalized spacial score (nSPS) is 20.3. The third kappa shape index (κ3) is 8.43. The van der Waals surface area contributed by atoms with Crippen molar-refractivity contribution in [3.8, 4) is 0 Å². The fourth-order valence-electron chi connectivity index (χ4n) is 8.51. The summed E-state index contributed by atoms with van der Waals surface area (Å²) >= 11 is 6.57. The number of likely N-dealkylation sites (tertiary alicyclic amines) is 1. The highest BCUT2D eigenvalue weighted by molar-refractivity contribution is 6.34. The molecule has 4 fully saturated rings. The summed E-state index contributed by atoms with van der Waals surface area (Å²) in [5, 5.41) is 14.5. The first-order chi connectivity index (χ1) is 27.2. The number of piperidine rings is 4. The van der Waals surface area contributed by atoms with Crippen molar-refractivity contribution < 1.29 is 19.2 Å². The van der Waals surface area contributed by atoms with Crippen LogP contribution in [0.4, 0.5) is 23.0 Å². The average molecular weight is 782 g/mol. The number of nitrogens with two attached hydrogens (primary N) is 1. The number of carbonyl (C=O) groups is 4. The minimum absolute atomic E-state index is 0.0621. The number of imide groups is 1. The summed E-state index contributed by atoms with van der Waals surface area (Å²) in [5.74, 6) is -0.906. The van der Waals surface area contributed by atoms with Gasteiger partial charge in [0.1, 0.15) is 11.7 Å². The van der Waals surface area contributed by atoms with Gasteiger partial charge in [-0.15, -0.1) is 0 Å². The number of hydrogen-bond acceptors (Lipinski definition) is 11. The van der Waals surface area contributed by atoms with Gasteiger partial charge in [0.15, 0.2) is 0 Å². The topological polar surface area (TPSA) is 184 Å². The molecule has 4 amide bonds. The molecule has 0 saturated carbocycles. The van der Waals surface area contributed by atoms with Gasteiger partial charge in [-0.2, -0.15) is 5.10 Å². The van der Waals surface area contributed by atoms with Crippen LogP contribution in [0, 0.1) is 5.92 Å². The molecule has 0 bridgehead atoms. The Morgan fingerprint density at radius 1 is 0.893 bits per heavy atom. The number of nitrogen functional groups attached to an aromatic ring is 1. The van der Waals surface area contributed by atoms with E-state index in [4.69, 9.17) is 22.4 Å². The molecule has 0 aliphatic carbocycles. The molecule has 294 valence electrons. The maximum absolute atomic E-state index is 13.2. The van der Waals surface area contributed by atoms with Crippen molar-refractivity contribution in [2.45, 2.75) is 69.9 Å². The molecule has 6 heterocycles. The number of aromatic nitrogens is 4. The Balaban J connectivity index is 0.846. The molecule has 4 aromatic rings. The second kappa shape index (κ2) is 16.4. The van der Waals surface area contributed by atoms with Gasteiger partial charge < -0.3 is 31.1 Å². The lowest BCUT2D eigenvalue weighted by atomic mass is 9.94. The standard InChI is InChI=1S/C40H48ClN11O4/c41-30-21-28(4-5-29(30)37(54)44-31-6-7-36(53)47-39(31)56)50-18-9-25(10-19-50)23-49-16-11-27(12-17-49)52-24-26-20-34(45-38(55)32-8-13-43-40(42)46-32)35(22-33(26)48-52)51-14-2-1-3-15-51/h4-5,8,13,20-22,24-25,27,31H,1-3,6-7,9-12,14-19,23H2,(H,44,54)(H,45,55)(H2,42,43,46)(H,47,53,56)/t31-/m0/s1. The van der Waals surface area contributed by atoms with E-state index in [0.717, 1.165) is 112 Å². The third-order valence-corrected chi connectivity index (χ3v) is 12.0. The summed E-state index contributed by atoms with van der Waals surface area (Å²) in [4.78, 5) is 64.9. The van der Waals surface area contributed by atoms with Gasteiger partial charge in [-0.1, -0.05) is 11.6 Å². The van der Waals surface area contributed by atoms with Crippen molar-refractivity contribution in [1.29, 1.82) is 0 Å². The molecular formula is C40H48ClN11O4. The van der Waals surface area contributed by atoms with Gasteiger partial charge in [0.2, 0.25) is 17.8 Å². The van der Waals surface area contributed by atoms with E-state index in [9.17, 15) is 19.2 Å². The smallest absolute Gasteiger partial charge is 0.274 e. The predicted octanol–water partition coefficient (Wildman–Crippen LogP) is 4.39. The fraction of sp³-hybridized carbons (Fsp3) is 0.475. The van der Waals surface area contributed by atoms with Crippen molar-refractivity contribution in [2.24, 2.45) is 5.92 Å². The fourth-order valence-corrected chi connectivity index (χ4v) is 8.77. The SMILES string of the molecule is Nc1nccc(C(=O)Nc2cc3cn(C4CCN(CC5CCN(c6ccc(C(=O)N[C@H]7CCC(=O)NC7=O)c(Cl)c6)CC5)CC4)nc3cc2N2CCCCC2)n1. The van der Waals surface area contributed by atoms with Crippen LogP contribution < -0.4 is 31.5 Å². The van der Waals surface area contributed by atoms with Gasteiger partial charge >= 0.3 is 0 Å². The zero-order chi connectivity index (χ0) is 38.8. The van der Waals surface area contributed by atoms with Crippen LogP contribution in [0.2, 0.25) is 5.02 Å². The Morgan fingerprint density at radius 2 is 1.68 bits per heavy atom. The molecule has 4 aliphatic heterocycles. The summed E-state index contributed by atoms with van der Waals surface area (Å²) in [6, 6.07) is 10.7. The first kappa shape index (κ1) is 37.6. The summed E-state index contributed by atoms with van der Waals surface area (Å²) in [6.07, 6.45) is 11.7. The minimum Gasteiger partial charge on any atom is -0.371 e. The van der Waals surface area contributed by atoms with Gasteiger partial charge in [-0.25, -0.2) is 9.97 Å². The monoisotopic (exact) mass is 781 g/mol. The van der Waals surface area contributed by atoms with Crippen LogP contribution in [0.5, 0.6) is 0 Å². The third-order valence-electron chi connectivity index (χ3n) is 11.7. The molecule has 0 unspecified atom stereocenters. The zero-order valence-electron chi connectivity index (χ0n) is 31.4. The van der Waals surface area contributed by atoms with Gasteiger partial charge in [-0.05, 0) is 93.7 Å². The van der Waals surface area contributed by atoms with Crippen molar-refractivity contribution in [1.82, 2.24) is 35.3 Å². The lowest BCUT2D eigenvalue weighted by Crippen LogP contribution is -2.52. The van der Waals surface area contributed by atoms with E-state index in [2.05, 4.69) is 57.6 Å². The van der Waals surface area contributed by atoms with Crippen molar-refractivity contribution in [3.63, 3.8) is 0 Å². The van der Waals surface area contributed by atoms with E-state index >= 15 is 0 Å². The Kier molecular flexibility index (Phi) is 11.1. The van der Waals surface area contributed by atoms with Crippen molar-refractivity contribution in [3.05, 3.63) is 65.1 Å².